The quantitative estimate of drug-likeness (QED) is 0.105. The van der Waals surface area contributed by atoms with Crippen LogP contribution in [0.1, 0.15) is 62.4 Å². The van der Waals surface area contributed by atoms with Crippen molar-refractivity contribution in [3.63, 3.8) is 0 Å². The number of piperidine rings is 2. The lowest BCUT2D eigenvalue weighted by molar-refractivity contribution is -0.134. The summed E-state index contributed by atoms with van der Waals surface area (Å²) < 4.78 is 43.0. The van der Waals surface area contributed by atoms with E-state index in [1.54, 1.807) is 37.5 Å². The van der Waals surface area contributed by atoms with Crippen molar-refractivity contribution in [1.82, 2.24) is 30.2 Å². The highest BCUT2D eigenvalue weighted by atomic mass is 32.2. The average Bonchev–Trinajstić information content (AvgIpc) is 3.64. The fourth-order valence-corrected chi connectivity index (χ4v) is 10.5. The molecule has 14 nitrogen and oxygen atoms in total. The Morgan fingerprint density at radius 2 is 1.70 bits per heavy atom. The van der Waals surface area contributed by atoms with Gasteiger partial charge < -0.3 is 15.1 Å². The molecule has 1 atom stereocenters. The zero-order chi connectivity index (χ0) is 42.7. The Hall–Kier alpha value is -5.52. The molecule has 0 spiro atoms. The van der Waals surface area contributed by atoms with E-state index in [2.05, 4.69) is 59.1 Å². The van der Waals surface area contributed by atoms with E-state index in [1.165, 1.54) is 17.4 Å². The number of anilines is 5. The molecule has 3 fully saturated rings. The van der Waals surface area contributed by atoms with Crippen LogP contribution in [0.4, 0.5) is 33.2 Å². The Kier molecular flexibility index (Phi) is 12.3. The van der Waals surface area contributed by atoms with Crippen LogP contribution in [0.15, 0.2) is 73.1 Å². The van der Waals surface area contributed by atoms with Crippen molar-refractivity contribution in [3.05, 3.63) is 89.4 Å². The number of sulfonamides is 1. The van der Waals surface area contributed by atoms with Crippen LogP contribution in [0.2, 0.25) is 0 Å². The lowest BCUT2D eigenvalue weighted by atomic mass is 9.79. The molecule has 320 valence electrons. The van der Waals surface area contributed by atoms with Crippen molar-refractivity contribution in [1.29, 1.82) is 0 Å². The molecule has 0 radical (unpaired) electrons. The average molecular weight is 867 g/mol. The van der Waals surface area contributed by atoms with Crippen LogP contribution in [0, 0.1) is 18.2 Å². The monoisotopic (exact) mass is 866 g/mol. The molecule has 0 bridgehead atoms. The number of benzene rings is 2. The zero-order valence-electron chi connectivity index (χ0n) is 34.7. The zero-order valence-corrected chi connectivity index (χ0v) is 36.3. The van der Waals surface area contributed by atoms with Gasteiger partial charge in [0.2, 0.25) is 27.8 Å². The number of rotatable bonds is 13. The van der Waals surface area contributed by atoms with Crippen molar-refractivity contribution in [3.8, 4) is 21.8 Å². The van der Waals surface area contributed by atoms with Gasteiger partial charge in [-0.25, -0.2) is 32.7 Å². The Morgan fingerprint density at radius 1 is 0.934 bits per heavy atom. The van der Waals surface area contributed by atoms with Crippen molar-refractivity contribution in [2.24, 2.45) is 5.41 Å². The molecule has 2 aromatic carbocycles. The molecule has 6 heterocycles. The fourth-order valence-electron chi connectivity index (χ4n) is 8.43. The maximum Gasteiger partial charge on any atom is 0.234 e. The van der Waals surface area contributed by atoms with E-state index >= 15 is 4.39 Å². The number of pyridine rings is 1. The van der Waals surface area contributed by atoms with E-state index in [1.807, 2.05) is 31.2 Å². The Labute approximate surface area is 360 Å². The normalized spacial score (nSPS) is 18.5. The minimum atomic E-state index is -3.69. The van der Waals surface area contributed by atoms with Crippen LogP contribution < -0.4 is 25.2 Å². The number of carbonyl (C=O) groups is 2. The predicted octanol–water partition coefficient (Wildman–Crippen LogP) is 6.95. The molecule has 3 aliphatic rings. The molecular formula is C44H51FN10O4S2. The van der Waals surface area contributed by atoms with E-state index in [0.29, 0.717) is 46.5 Å². The summed E-state index contributed by atoms with van der Waals surface area (Å²) in [5.41, 5.74) is 4.08. The molecule has 8 rings (SSSR count). The fraction of sp³-hybridized carbons (Fsp3) is 0.409. The van der Waals surface area contributed by atoms with Gasteiger partial charge in [-0.1, -0.05) is 26.0 Å². The third kappa shape index (κ3) is 9.84. The second-order valence-electron chi connectivity index (χ2n) is 16.5. The van der Waals surface area contributed by atoms with Crippen molar-refractivity contribution in [2.45, 2.75) is 58.8 Å². The van der Waals surface area contributed by atoms with Crippen molar-refractivity contribution in [2.75, 3.05) is 71.4 Å². The van der Waals surface area contributed by atoms with E-state index in [-0.39, 0.29) is 40.2 Å². The molecule has 17 heteroatoms. The predicted molar refractivity (Wildman–Crippen MR) is 238 cm³/mol. The minimum absolute atomic E-state index is 0.106. The SMILES string of the molecule is CCCS(=O)(=O)Nc1cccc(-c2nc(C)sc2-c2ccnc(Nc3ccc(N4CCN(CC5(C)CCN(c6ccc([C@@H]7CCC(=O)NC7=O)cn6)CC5)CC4)cc3)n2)c1F. The summed E-state index contributed by atoms with van der Waals surface area (Å²) in [4.78, 5) is 50.4. The molecule has 5 aromatic rings. The summed E-state index contributed by atoms with van der Waals surface area (Å²) in [6.07, 6.45) is 6.89. The van der Waals surface area contributed by atoms with Gasteiger partial charge in [-0.2, -0.15) is 0 Å². The highest BCUT2D eigenvalue weighted by Crippen LogP contribution is 2.39. The van der Waals surface area contributed by atoms with Gasteiger partial charge in [0.05, 0.1) is 38.6 Å². The lowest BCUT2D eigenvalue weighted by Crippen LogP contribution is -2.51. The molecule has 3 aromatic heterocycles. The van der Waals surface area contributed by atoms with Gasteiger partial charge in [-0.3, -0.25) is 24.5 Å². The highest BCUT2D eigenvalue weighted by Gasteiger charge is 2.34. The second-order valence-corrected chi connectivity index (χ2v) is 19.5. The van der Waals surface area contributed by atoms with Crippen molar-refractivity contribution < 1.29 is 22.4 Å². The Morgan fingerprint density at radius 3 is 2.41 bits per heavy atom. The molecule has 3 N–H and O–H groups in total. The number of carbonyl (C=O) groups excluding carboxylic acids is 2. The Bertz CT molecular complexity index is 2480. The molecule has 0 unspecified atom stereocenters. The molecule has 0 saturated carbocycles. The van der Waals surface area contributed by atoms with Crippen LogP contribution in [0.5, 0.6) is 0 Å². The topological polar surface area (TPSA) is 166 Å². The third-order valence-corrected chi connectivity index (χ3v) is 14.3. The molecule has 3 saturated heterocycles. The van der Waals surface area contributed by atoms with E-state index in [9.17, 15) is 18.0 Å². The van der Waals surface area contributed by atoms with Crippen molar-refractivity contribution >= 4 is 62.0 Å². The largest absolute Gasteiger partial charge is 0.369 e. The van der Waals surface area contributed by atoms with Crippen LogP contribution in [-0.4, -0.2) is 96.6 Å². The number of aromatic nitrogens is 4. The molecule has 2 amide bonds. The van der Waals surface area contributed by atoms with Gasteiger partial charge in [-0.05, 0) is 92.1 Å². The Balaban J connectivity index is 0.836. The van der Waals surface area contributed by atoms with E-state index < -0.39 is 15.8 Å². The number of aryl methyl sites for hydroxylation is 1. The number of amides is 2. The number of hydrogen-bond acceptors (Lipinski definition) is 13. The number of hydrogen-bond donors (Lipinski definition) is 3. The standard InChI is InChI=1S/C44H51FN10O4S2/c1-4-26-61(58,59)52-35-7-5-6-34(39(35)45)40-41(60-29(2)48-40)36-16-19-46-43(50-36)49-31-9-11-32(12-10-31)54-24-22-53(23-25-54)28-44(3)17-20-55(21-18-44)37-14-8-30(27-47-37)33-13-15-38(56)51-42(33)57/h5-12,14,16,19,27,33,52H,4,13,15,17-18,20-26,28H2,1-3H3,(H,46,49,50)(H,51,56,57)/t33-/m0/s1. The first kappa shape index (κ1) is 42.2. The first-order valence-electron chi connectivity index (χ1n) is 20.8. The summed E-state index contributed by atoms with van der Waals surface area (Å²) in [5.74, 6) is -0.244. The first-order valence-corrected chi connectivity index (χ1v) is 23.3. The minimum Gasteiger partial charge on any atom is -0.369 e. The summed E-state index contributed by atoms with van der Waals surface area (Å²) in [5, 5.41) is 6.46. The van der Waals surface area contributed by atoms with Gasteiger partial charge in [-0.15, -0.1) is 11.3 Å². The van der Waals surface area contributed by atoms with Gasteiger partial charge >= 0.3 is 0 Å². The summed E-state index contributed by atoms with van der Waals surface area (Å²) >= 11 is 1.38. The molecule has 3 aliphatic heterocycles. The van der Waals surface area contributed by atoms with Gasteiger partial charge in [0.1, 0.15) is 5.82 Å². The number of piperazine rings is 1. The molecule has 61 heavy (non-hydrogen) atoms. The second kappa shape index (κ2) is 17.8. The highest BCUT2D eigenvalue weighted by molar-refractivity contribution is 7.92. The molecular weight excluding hydrogens is 816 g/mol. The summed E-state index contributed by atoms with van der Waals surface area (Å²) in [6, 6.07) is 18.6. The first-order chi connectivity index (χ1) is 29.3. The van der Waals surface area contributed by atoms with Gasteiger partial charge in [0.15, 0.2) is 5.82 Å². The number of nitrogens with zero attached hydrogens (tertiary/aromatic N) is 7. The van der Waals surface area contributed by atoms with E-state index in [0.717, 1.165) is 81.4 Å². The molecule has 0 aliphatic carbocycles. The number of nitrogens with one attached hydrogen (secondary N) is 3. The summed E-state index contributed by atoms with van der Waals surface area (Å²) in [6.45, 7) is 12.8. The number of imide groups is 1. The van der Waals surface area contributed by atoms with Crippen LogP contribution in [-0.2, 0) is 19.6 Å². The van der Waals surface area contributed by atoms with E-state index in [4.69, 9.17) is 9.97 Å². The van der Waals surface area contributed by atoms with Gasteiger partial charge in [0.25, 0.3) is 0 Å². The number of halogens is 1. The smallest absolute Gasteiger partial charge is 0.234 e. The lowest BCUT2D eigenvalue weighted by Gasteiger charge is -2.45. The third-order valence-electron chi connectivity index (χ3n) is 11.8. The summed E-state index contributed by atoms with van der Waals surface area (Å²) in [7, 11) is -3.69. The van der Waals surface area contributed by atoms with Crippen LogP contribution in [0.3, 0.4) is 0 Å². The van der Waals surface area contributed by atoms with Crippen LogP contribution in [0.25, 0.3) is 21.8 Å². The van der Waals surface area contributed by atoms with Gasteiger partial charge in [0, 0.05) is 81.6 Å². The maximum absolute atomic E-state index is 15.8. The van der Waals surface area contributed by atoms with Crippen LogP contribution >= 0.6 is 11.3 Å². The maximum atomic E-state index is 15.8. The number of thiazole rings is 1.